The molecule has 1 N–H and O–H groups in total. The van der Waals surface area contributed by atoms with E-state index in [4.69, 9.17) is 9.47 Å². The van der Waals surface area contributed by atoms with Crippen molar-refractivity contribution in [1.82, 2.24) is 0 Å². The van der Waals surface area contributed by atoms with E-state index >= 15 is 0 Å². The predicted molar refractivity (Wildman–Crippen MR) is 69.5 cm³/mol. The van der Waals surface area contributed by atoms with Crippen LogP contribution in [0.4, 0.5) is 0 Å². The highest BCUT2D eigenvalue weighted by Crippen LogP contribution is 2.24. The second kappa shape index (κ2) is 8.62. The summed E-state index contributed by atoms with van der Waals surface area (Å²) in [7, 11) is 0. The SMILES string of the molecule is CC(=O)CCOC1CCCCC1OCCC(C)O. The molecule has 106 valence electrons. The van der Waals surface area contributed by atoms with Crippen LogP contribution in [-0.4, -0.2) is 42.4 Å². The molecule has 0 saturated heterocycles. The molecule has 0 heterocycles. The lowest BCUT2D eigenvalue weighted by Crippen LogP contribution is -2.35. The van der Waals surface area contributed by atoms with Gasteiger partial charge in [-0.15, -0.1) is 0 Å². The number of aliphatic hydroxyl groups is 1. The Bertz CT molecular complexity index is 240. The van der Waals surface area contributed by atoms with Crippen LogP contribution in [0.5, 0.6) is 0 Å². The Kier molecular flexibility index (Phi) is 7.47. The lowest BCUT2D eigenvalue weighted by molar-refractivity contribution is -0.122. The van der Waals surface area contributed by atoms with Gasteiger partial charge in [0, 0.05) is 13.0 Å². The molecule has 1 fully saturated rings. The minimum absolute atomic E-state index is 0.118. The van der Waals surface area contributed by atoms with Crippen LogP contribution in [-0.2, 0) is 14.3 Å². The topological polar surface area (TPSA) is 55.8 Å². The van der Waals surface area contributed by atoms with Crippen LogP contribution in [0.3, 0.4) is 0 Å². The molecule has 1 aliphatic rings. The average Bonchev–Trinajstić information content (AvgIpc) is 2.30. The Hall–Kier alpha value is -0.450. The molecule has 0 aliphatic heterocycles. The van der Waals surface area contributed by atoms with Gasteiger partial charge in [0.05, 0.1) is 24.9 Å². The van der Waals surface area contributed by atoms with Gasteiger partial charge in [-0.1, -0.05) is 12.8 Å². The minimum atomic E-state index is -0.314. The van der Waals surface area contributed by atoms with Gasteiger partial charge >= 0.3 is 0 Å². The van der Waals surface area contributed by atoms with E-state index in [2.05, 4.69) is 0 Å². The molecule has 1 saturated carbocycles. The number of hydrogen-bond acceptors (Lipinski definition) is 4. The summed E-state index contributed by atoms with van der Waals surface area (Å²) >= 11 is 0. The highest BCUT2D eigenvalue weighted by atomic mass is 16.5. The number of Topliss-reactive ketones (excluding diaryl/α,β-unsaturated/α-hetero) is 1. The maximum absolute atomic E-state index is 10.9. The maximum atomic E-state index is 10.9. The highest BCUT2D eigenvalue weighted by molar-refractivity contribution is 5.75. The van der Waals surface area contributed by atoms with Gasteiger partial charge in [0.15, 0.2) is 0 Å². The number of hydrogen-bond donors (Lipinski definition) is 1. The number of carbonyl (C=O) groups excluding carboxylic acids is 1. The van der Waals surface area contributed by atoms with Crippen molar-refractivity contribution in [2.75, 3.05) is 13.2 Å². The van der Waals surface area contributed by atoms with Gasteiger partial charge in [-0.2, -0.15) is 0 Å². The lowest BCUT2D eigenvalue weighted by atomic mass is 9.94. The molecule has 0 aromatic heterocycles. The first-order valence-electron chi connectivity index (χ1n) is 7.00. The summed E-state index contributed by atoms with van der Waals surface area (Å²) in [5.74, 6) is 0.164. The van der Waals surface area contributed by atoms with E-state index in [1.165, 1.54) is 12.8 Å². The molecule has 0 spiro atoms. The summed E-state index contributed by atoms with van der Waals surface area (Å²) < 4.78 is 11.5. The van der Waals surface area contributed by atoms with Gasteiger partial charge in [0.25, 0.3) is 0 Å². The fraction of sp³-hybridized carbons (Fsp3) is 0.929. The van der Waals surface area contributed by atoms with Crippen LogP contribution in [0.1, 0.15) is 52.4 Å². The van der Waals surface area contributed by atoms with Crippen molar-refractivity contribution < 1.29 is 19.4 Å². The minimum Gasteiger partial charge on any atom is -0.393 e. The van der Waals surface area contributed by atoms with Gasteiger partial charge in [-0.05, 0) is 33.1 Å². The number of carbonyl (C=O) groups is 1. The van der Waals surface area contributed by atoms with E-state index in [1.807, 2.05) is 0 Å². The second-order valence-corrected chi connectivity index (χ2v) is 5.19. The van der Waals surface area contributed by atoms with E-state index in [-0.39, 0.29) is 24.1 Å². The molecule has 4 nitrogen and oxygen atoms in total. The van der Waals surface area contributed by atoms with E-state index in [0.29, 0.717) is 26.1 Å². The third-order valence-electron chi connectivity index (χ3n) is 3.30. The molecule has 3 atom stereocenters. The summed E-state index contributed by atoms with van der Waals surface area (Å²) in [5, 5.41) is 9.20. The second-order valence-electron chi connectivity index (χ2n) is 5.19. The molecule has 0 aromatic carbocycles. The number of ketones is 1. The average molecular weight is 258 g/mol. The van der Waals surface area contributed by atoms with Crippen LogP contribution >= 0.6 is 0 Å². The zero-order valence-electron chi connectivity index (χ0n) is 11.6. The van der Waals surface area contributed by atoms with Crippen LogP contribution in [0, 0.1) is 0 Å². The Morgan fingerprint density at radius 1 is 1.22 bits per heavy atom. The Labute approximate surface area is 110 Å². The summed E-state index contributed by atoms with van der Waals surface area (Å²) in [6, 6.07) is 0. The molecular formula is C14H26O4. The van der Waals surface area contributed by atoms with Crippen molar-refractivity contribution in [3.8, 4) is 0 Å². The van der Waals surface area contributed by atoms with E-state index in [1.54, 1.807) is 13.8 Å². The summed E-state index contributed by atoms with van der Waals surface area (Å²) in [5.41, 5.74) is 0. The maximum Gasteiger partial charge on any atom is 0.132 e. The van der Waals surface area contributed by atoms with Crippen molar-refractivity contribution >= 4 is 5.78 Å². The van der Waals surface area contributed by atoms with E-state index < -0.39 is 0 Å². The van der Waals surface area contributed by atoms with Crippen molar-refractivity contribution in [2.24, 2.45) is 0 Å². The summed E-state index contributed by atoms with van der Waals surface area (Å²) in [6.07, 6.45) is 5.45. The van der Waals surface area contributed by atoms with Crippen LogP contribution in [0.2, 0.25) is 0 Å². The van der Waals surface area contributed by atoms with Crippen LogP contribution < -0.4 is 0 Å². The quantitative estimate of drug-likeness (QED) is 0.724. The molecule has 1 aliphatic carbocycles. The smallest absolute Gasteiger partial charge is 0.132 e. The summed E-state index contributed by atoms with van der Waals surface area (Å²) in [4.78, 5) is 10.9. The molecular weight excluding hydrogens is 232 g/mol. The van der Waals surface area contributed by atoms with Crippen molar-refractivity contribution in [2.45, 2.75) is 70.7 Å². The normalized spacial score (nSPS) is 25.9. The molecule has 0 bridgehead atoms. The van der Waals surface area contributed by atoms with Crippen molar-refractivity contribution in [3.05, 3.63) is 0 Å². The molecule has 3 unspecified atom stereocenters. The van der Waals surface area contributed by atoms with E-state index in [9.17, 15) is 9.90 Å². The lowest BCUT2D eigenvalue weighted by Gasteiger charge is -2.31. The number of aliphatic hydroxyl groups excluding tert-OH is 1. The molecule has 4 heteroatoms. The zero-order chi connectivity index (χ0) is 13.4. The first-order valence-corrected chi connectivity index (χ1v) is 7.00. The predicted octanol–water partition coefficient (Wildman–Crippen LogP) is 2.08. The van der Waals surface area contributed by atoms with Crippen molar-refractivity contribution in [1.29, 1.82) is 0 Å². The van der Waals surface area contributed by atoms with Gasteiger partial charge in [0.2, 0.25) is 0 Å². The first kappa shape index (κ1) is 15.6. The highest BCUT2D eigenvalue weighted by Gasteiger charge is 2.26. The summed E-state index contributed by atoms with van der Waals surface area (Å²) in [6.45, 7) is 4.43. The molecule has 0 aromatic rings. The first-order chi connectivity index (χ1) is 8.59. The molecule has 0 amide bonds. The fourth-order valence-electron chi connectivity index (χ4n) is 2.19. The zero-order valence-corrected chi connectivity index (χ0v) is 11.6. The van der Waals surface area contributed by atoms with Crippen molar-refractivity contribution in [3.63, 3.8) is 0 Å². The molecule has 0 radical (unpaired) electrons. The Morgan fingerprint density at radius 3 is 2.28 bits per heavy atom. The van der Waals surface area contributed by atoms with Crippen LogP contribution in [0.15, 0.2) is 0 Å². The third kappa shape index (κ3) is 6.47. The number of rotatable bonds is 8. The largest absolute Gasteiger partial charge is 0.393 e. The van der Waals surface area contributed by atoms with Gasteiger partial charge < -0.3 is 14.6 Å². The fourth-order valence-corrected chi connectivity index (χ4v) is 2.19. The Balaban J connectivity index is 2.25. The molecule has 1 rings (SSSR count). The van der Waals surface area contributed by atoms with Gasteiger partial charge in [0.1, 0.15) is 5.78 Å². The van der Waals surface area contributed by atoms with Gasteiger partial charge in [-0.25, -0.2) is 0 Å². The standard InChI is InChI=1S/C14H26O4/c1-11(15)7-9-17-13-5-3-4-6-14(13)18-10-8-12(2)16/h11,13-15H,3-10H2,1-2H3. The molecule has 18 heavy (non-hydrogen) atoms. The van der Waals surface area contributed by atoms with Crippen LogP contribution in [0.25, 0.3) is 0 Å². The van der Waals surface area contributed by atoms with E-state index in [0.717, 1.165) is 12.8 Å². The monoisotopic (exact) mass is 258 g/mol. The third-order valence-corrected chi connectivity index (χ3v) is 3.30. The van der Waals surface area contributed by atoms with Gasteiger partial charge in [-0.3, -0.25) is 4.79 Å². The Morgan fingerprint density at radius 2 is 1.78 bits per heavy atom. The number of ether oxygens (including phenoxy) is 2.